The molecular formula is C18H15Cl2N3O3. The van der Waals surface area contributed by atoms with E-state index in [1.54, 1.807) is 12.1 Å². The summed E-state index contributed by atoms with van der Waals surface area (Å²) in [6.07, 6.45) is 0. The van der Waals surface area contributed by atoms with Crippen molar-refractivity contribution in [3.63, 3.8) is 0 Å². The van der Waals surface area contributed by atoms with Crippen LogP contribution >= 0.6 is 23.2 Å². The van der Waals surface area contributed by atoms with E-state index in [9.17, 15) is 14.4 Å². The molecular weight excluding hydrogens is 377 g/mol. The Morgan fingerprint density at radius 3 is 1.96 bits per heavy atom. The number of rotatable bonds is 4. The summed E-state index contributed by atoms with van der Waals surface area (Å²) in [5.74, 6) is -1.61. The van der Waals surface area contributed by atoms with E-state index in [-0.39, 0.29) is 21.2 Å². The summed E-state index contributed by atoms with van der Waals surface area (Å²) in [5.41, 5.74) is 1.85. The van der Waals surface area contributed by atoms with Crippen LogP contribution in [0.5, 0.6) is 0 Å². The second-order valence-corrected chi connectivity index (χ2v) is 6.81. The van der Waals surface area contributed by atoms with E-state index < -0.39 is 24.3 Å². The Hall–Kier alpha value is -2.57. The lowest BCUT2D eigenvalue weighted by Gasteiger charge is -2.15. The maximum absolute atomic E-state index is 12.4. The molecule has 0 unspecified atom stereocenters. The number of nitrogens with zero attached hydrogens (tertiary/aromatic N) is 2. The maximum Gasteiger partial charge on any atom is 0.262 e. The molecule has 0 spiro atoms. The Balaban J connectivity index is 1.72. The third kappa shape index (κ3) is 3.38. The molecule has 8 heteroatoms. The smallest absolute Gasteiger partial charge is 0.262 e. The third-order valence-corrected chi connectivity index (χ3v) is 4.70. The van der Waals surface area contributed by atoms with Crippen molar-refractivity contribution < 1.29 is 14.4 Å². The largest absolute Gasteiger partial charge is 0.378 e. The second kappa shape index (κ2) is 6.97. The summed E-state index contributed by atoms with van der Waals surface area (Å²) in [5, 5.41) is 3.03. The predicted octanol–water partition coefficient (Wildman–Crippen LogP) is 3.29. The number of fused-ring (bicyclic) bond motifs is 1. The van der Waals surface area contributed by atoms with Crippen molar-refractivity contribution in [2.75, 3.05) is 30.9 Å². The summed E-state index contributed by atoms with van der Waals surface area (Å²) >= 11 is 11.8. The van der Waals surface area contributed by atoms with E-state index in [1.807, 2.05) is 31.1 Å². The van der Waals surface area contributed by atoms with Crippen LogP contribution in [0.15, 0.2) is 36.4 Å². The van der Waals surface area contributed by atoms with Gasteiger partial charge >= 0.3 is 0 Å². The van der Waals surface area contributed by atoms with Crippen LogP contribution in [-0.4, -0.2) is 43.3 Å². The van der Waals surface area contributed by atoms with Gasteiger partial charge in [-0.2, -0.15) is 0 Å². The topological polar surface area (TPSA) is 69.7 Å². The molecule has 0 saturated heterocycles. The number of carbonyl (C=O) groups excluding carboxylic acids is 3. The van der Waals surface area contributed by atoms with E-state index >= 15 is 0 Å². The molecule has 3 rings (SSSR count). The molecule has 2 aromatic rings. The van der Waals surface area contributed by atoms with Gasteiger partial charge in [-0.3, -0.25) is 19.3 Å². The molecule has 0 radical (unpaired) electrons. The zero-order valence-electron chi connectivity index (χ0n) is 14.0. The molecule has 26 heavy (non-hydrogen) atoms. The number of hydrogen-bond acceptors (Lipinski definition) is 4. The van der Waals surface area contributed by atoms with E-state index in [0.717, 1.165) is 10.6 Å². The Labute approximate surface area is 160 Å². The maximum atomic E-state index is 12.4. The second-order valence-electron chi connectivity index (χ2n) is 6.00. The van der Waals surface area contributed by atoms with Gasteiger partial charge < -0.3 is 10.2 Å². The monoisotopic (exact) mass is 391 g/mol. The molecule has 3 amide bonds. The zero-order chi connectivity index (χ0) is 19.0. The highest BCUT2D eigenvalue weighted by Crippen LogP contribution is 2.31. The summed E-state index contributed by atoms with van der Waals surface area (Å²) in [4.78, 5) is 39.8. The Bertz CT molecular complexity index is 870. The van der Waals surface area contributed by atoms with E-state index in [2.05, 4.69) is 5.32 Å². The van der Waals surface area contributed by atoms with Crippen molar-refractivity contribution >= 4 is 52.3 Å². The van der Waals surface area contributed by atoms with Crippen LogP contribution < -0.4 is 10.2 Å². The first-order valence-electron chi connectivity index (χ1n) is 7.70. The number of imide groups is 1. The van der Waals surface area contributed by atoms with Gasteiger partial charge in [-0.1, -0.05) is 23.2 Å². The van der Waals surface area contributed by atoms with Gasteiger partial charge in [0.05, 0.1) is 21.2 Å². The van der Waals surface area contributed by atoms with Crippen molar-refractivity contribution in [3.05, 3.63) is 57.6 Å². The van der Waals surface area contributed by atoms with Gasteiger partial charge in [-0.15, -0.1) is 0 Å². The van der Waals surface area contributed by atoms with E-state index in [0.29, 0.717) is 5.69 Å². The van der Waals surface area contributed by atoms with Gasteiger partial charge in [0.2, 0.25) is 5.91 Å². The predicted molar refractivity (Wildman–Crippen MR) is 101 cm³/mol. The van der Waals surface area contributed by atoms with Gasteiger partial charge in [0.1, 0.15) is 6.54 Å². The van der Waals surface area contributed by atoms with Crippen LogP contribution in [-0.2, 0) is 4.79 Å². The van der Waals surface area contributed by atoms with Crippen LogP contribution in [0.4, 0.5) is 11.4 Å². The van der Waals surface area contributed by atoms with Crippen molar-refractivity contribution in [3.8, 4) is 0 Å². The van der Waals surface area contributed by atoms with Crippen LogP contribution in [0.1, 0.15) is 20.7 Å². The summed E-state index contributed by atoms with van der Waals surface area (Å²) in [7, 11) is 3.82. The summed E-state index contributed by atoms with van der Waals surface area (Å²) in [6.45, 7) is -0.392. The molecule has 0 atom stereocenters. The average Bonchev–Trinajstić information content (AvgIpc) is 2.80. The van der Waals surface area contributed by atoms with Gasteiger partial charge in [-0.05, 0) is 36.4 Å². The summed E-state index contributed by atoms with van der Waals surface area (Å²) < 4.78 is 0. The van der Waals surface area contributed by atoms with Crippen LogP contribution in [0, 0.1) is 0 Å². The lowest BCUT2D eigenvalue weighted by molar-refractivity contribution is -0.116. The number of nitrogens with one attached hydrogen (secondary N) is 1. The van der Waals surface area contributed by atoms with Crippen molar-refractivity contribution in [2.45, 2.75) is 0 Å². The lowest BCUT2D eigenvalue weighted by atomic mass is 10.1. The zero-order valence-corrected chi connectivity index (χ0v) is 15.6. The first-order valence-corrected chi connectivity index (χ1v) is 8.46. The molecule has 6 nitrogen and oxygen atoms in total. The molecule has 0 aliphatic carbocycles. The van der Waals surface area contributed by atoms with Gasteiger partial charge in [-0.25, -0.2) is 0 Å². The lowest BCUT2D eigenvalue weighted by Crippen LogP contribution is -2.37. The van der Waals surface area contributed by atoms with Crippen LogP contribution in [0.3, 0.4) is 0 Å². The highest BCUT2D eigenvalue weighted by molar-refractivity contribution is 6.43. The number of benzene rings is 2. The fourth-order valence-electron chi connectivity index (χ4n) is 2.61. The Morgan fingerprint density at radius 2 is 1.50 bits per heavy atom. The molecule has 1 N–H and O–H groups in total. The fourth-order valence-corrected chi connectivity index (χ4v) is 2.94. The first kappa shape index (κ1) is 18.2. The number of anilines is 2. The van der Waals surface area contributed by atoms with Crippen LogP contribution in [0.25, 0.3) is 0 Å². The van der Waals surface area contributed by atoms with Crippen molar-refractivity contribution in [2.24, 2.45) is 0 Å². The number of hydrogen-bond donors (Lipinski definition) is 1. The van der Waals surface area contributed by atoms with Crippen LogP contribution in [0.2, 0.25) is 10.0 Å². The van der Waals surface area contributed by atoms with Crippen molar-refractivity contribution in [1.82, 2.24) is 4.90 Å². The third-order valence-electron chi connectivity index (χ3n) is 3.98. The Kier molecular flexibility index (Phi) is 4.89. The molecule has 134 valence electrons. The molecule has 0 aromatic heterocycles. The molecule has 0 fully saturated rings. The number of carbonyl (C=O) groups is 3. The van der Waals surface area contributed by atoms with Gasteiger partial charge in [0.25, 0.3) is 11.8 Å². The average molecular weight is 392 g/mol. The molecule has 1 heterocycles. The molecule has 0 saturated carbocycles. The van der Waals surface area contributed by atoms with Gasteiger partial charge in [0, 0.05) is 25.5 Å². The standard InChI is InChI=1S/C18H15Cl2N3O3/c1-22(2)11-5-3-10(4-6-11)21-16(24)9-23-17(25)12-7-14(19)15(20)8-13(12)18(23)26/h3-8H,9H2,1-2H3,(H,21,24). The SMILES string of the molecule is CN(C)c1ccc(NC(=O)CN2C(=O)c3cc(Cl)c(Cl)cc3C2=O)cc1. The van der Waals surface area contributed by atoms with Crippen molar-refractivity contribution in [1.29, 1.82) is 0 Å². The van der Waals surface area contributed by atoms with E-state index in [4.69, 9.17) is 23.2 Å². The number of halogens is 2. The minimum absolute atomic E-state index is 0.146. The number of amides is 3. The minimum atomic E-state index is -0.568. The van der Waals surface area contributed by atoms with E-state index in [1.165, 1.54) is 12.1 Å². The normalized spacial score (nSPS) is 13.0. The first-order chi connectivity index (χ1) is 12.3. The molecule has 1 aliphatic rings. The minimum Gasteiger partial charge on any atom is -0.378 e. The van der Waals surface area contributed by atoms with Gasteiger partial charge in [0.15, 0.2) is 0 Å². The quantitative estimate of drug-likeness (QED) is 0.811. The molecule has 1 aliphatic heterocycles. The Morgan fingerprint density at radius 1 is 1.00 bits per heavy atom. The summed E-state index contributed by atoms with van der Waals surface area (Å²) in [6, 6.07) is 9.88. The molecule has 0 bridgehead atoms. The highest BCUT2D eigenvalue weighted by Gasteiger charge is 2.37. The highest BCUT2D eigenvalue weighted by atomic mass is 35.5. The molecule has 2 aromatic carbocycles. The fraction of sp³-hybridized carbons (Fsp3) is 0.167.